The van der Waals surface area contributed by atoms with Crippen molar-refractivity contribution in [2.45, 2.75) is 26.3 Å². The lowest BCUT2D eigenvalue weighted by atomic mass is 10.4. The van der Waals surface area contributed by atoms with Crippen LogP contribution in [-0.4, -0.2) is 41.4 Å². The van der Waals surface area contributed by atoms with Gasteiger partial charge in [0, 0.05) is 7.11 Å². The molecule has 0 aliphatic heterocycles. The number of hydrogen-bond donors (Lipinski definition) is 0. The number of nitrogens with zero attached hydrogens (tertiary/aromatic N) is 1. The summed E-state index contributed by atoms with van der Waals surface area (Å²) in [7, 11) is 1.66. The van der Waals surface area contributed by atoms with Crippen molar-refractivity contribution >= 4 is 9.76 Å². The maximum absolute atomic E-state index is 5.11. The average molecular weight is 175 g/mol. The molecule has 0 saturated carbocycles. The first-order valence-electron chi connectivity index (χ1n) is 4.56. The largest absolute Gasteiger partial charge is 0.427 e. The zero-order valence-corrected chi connectivity index (χ0v) is 9.51. The second kappa shape index (κ2) is 8.24. The van der Waals surface area contributed by atoms with E-state index in [1.807, 2.05) is 7.11 Å². The van der Waals surface area contributed by atoms with Crippen LogP contribution in [0.5, 0.6) is 0 Å². The van der Waals surface area contributed by atoms with Gasteiger partial charge in [-0.15, -0.1) is 0 Å². The van der Waals surface area contributed by atoms with E-state index in [1.165, 1.54) is 32.1 Å². The molecule has 0 aliphatic carbocycles. The molecule has 0 aromatic rings. The topological polar surface area (TPSA) is 12.5 Å². The molecule has 0 amide bonds. The van der Waals surface area contributed by atoms with Crippen LogP contribution in [0.3, 0.4) is 0 Å². The lowest BCUT2D eigenvalue weighted by Gasteiger charge is -2.17. The summed E-state index contributed by atoms with van der Waals surface area (Å²) in [5.41, 5.74) is 0. The Morgan fingerprint density at radius 2 is 1.91 bits per heavy atom. The molecule has 11 heavy (non-hydrogen) atoms. The molecule has 2 nitrogen and oxygen atoms in total. The molecule has 0 spiro atoms. The standard InChI is InChI=1S/C8H21NOSi/c1-4-9(5-2)7-6-8-11-10-3/h4-8,11H2,1-3H3. The third-order valence-corrected chi connectivity index (χ3v) is 3.16. The Hall–Kier alpha value is 0.137. The van der Waals surface area contributed by atoms with Gasteiger partial charge in [0.25, 0.3) is 0 Å². The van der Waals surface area contributed by atoms with Gasteiger partial charge in [-0.25, -0.2) is 0 Å². The monoisotopic (exact) mass is 175 g/mol. The van der Waals surface area contributed by atoms with Crippen molar-refractivity contribution in [2.75, 3.05) is 26.7 Å². The van der Waals surface area contributed by atoms with Gasteiger partial charge in [0.15, 0.2) is 9.76 Å². The molecular formula is C8H21NOSi. The van der Waals surface area contributed by atoms with Crippen LogP contribution in [-0.2, 0) is 4.43 Å². The van der Waals surface area contributed by atoms with E-state index in [2.05, 4.69) is 18.7 Å². The molecule has 0 atom stereocenters. The predicted octanol–water partition coefficient (Wildman–Crippen LogP) is 0.867. The minimum absolute atomic E-state index is 0.163. The first-order valence-corrected chi connectivity index (χ1v) is 6.14. The minimum atomic E-state index is -0.163. The van der Waals surface area contributed by atoms with Crippen LogP contribution in [0.25, 0.3) is 0 Å². The van der Waals surface area contributed by atoms with Crippen LogP contribution < -0.4 is 0 Å². The van der Waals surface area contributed by atoms with Gasteiger partial charge in [-0.2, -0.15) is 0 Å². The summed E-state index contributed by atoms with van der Waals surface area (Å²) in [6.45, 7) is 8.06. The smallest absolute Gasteiger partial charge is 0.161 e. The molecule has 0 fully saturated rings. The summed E-state index contributed by atoms with van der Waals surface area (Å²) in [5.74, 6) is 0. The molecule has 0 heterocycles. The Kier molecular flexibility index (Phi) is 8.34. The van der Waals surface area contributed by atoms with Crippen molar-refractivity contribution in [3.05, 3.63) is 0 Å². The lowest BCUT2D eigenvalue weighted by molar-refractivity contribution is 0.303. The van der Waals surface area contributed by atoms with Crippen LogP contribution in [0.2, 0.25) is 6.04 Å². The van der Waals surface area contributed by atoms with Gasteiger partial charge >= 0.3 is 0 Å². The molecule has 0 aromatic carbocycles. The molecular weight excluding hydrogens is 154 g/mol. The summed E-state index contributed by atoms with van der Waals surface area (Å²) in [6, 6.07) is 1.33. The Balaban J connectivity index is 3.07. The van der Waals surface area contributed by atoms with E-state index in [9.17, 15) is 0 Å². The van der Waals surface area contributed by atoms with Gasteiger partial charge in [0.05, 0.1) is 0 Å². The Morgan fingerprint density at radius 1 is 1.27 bits per heavy atom. The maximum Gasteiger partial charge on any atom is 0.161 e. The Morgan fingerprint density at radius 3 is 2.36 bits per heavy atom. The fourth-order valence-electron chi connectivity index (χ4n) is 1.12. The summed E-state index contributed by atoms with van der Waals surface area (Å²) in [4.78, 5) is 2.46. The van der Waals surface area contributed by atoms with E-state index in [0.29, 0.717) is 0 Å². The molecule has 0 unspecified atom stereocenters. The fourth-order valence-corrected chi connectivity index (χ4v) is 1.84. The SMILES string of the molecule is CCN(CC)CCC[SiH2]OC. The maximum atomic E-state index is 5.11. The van der Waals surface area contributed by atoms with Crippen LogP contribution in [0, 0.1) is 0 Å². The van der Waals surface area contributed by atoms with Crippen LogP contribution >= 0.6 is 0 Å². The van der Waals surface area contributed by atoms with E-state index < -0.39 is 0 Å². The van der Waals surface area contributed by atoms with Crippen molar-refractivity contribution in [2.24, 2.45) is 0 Å². The Bertz CT molecular complexity index is 76.5. The van der Waals surface area contributed by atoms with Crippen LogP contribution in [0.4, 0.5) is 0 Å². The molecule has 68 valence electrons. The summed E-state index contributed by atoms with van der Waals surface area (Å²) in [6.07, 6.45) is 1.32. The summed E-state index contributed by atoms with van der Waals surface area (Å²) < 4.78 is 5.11. The van der Waals surface area contributed by atoms with E-state index >= 15 is 0 Å². The zero-order chi connectivity index (χ0) is 8.53. The van der Waals surface area contributed by atoms with E-state index in [4.69, 9.17) is 4.43 Å². The highest BCUT2D eigenvalue weighted by molar-refractivity contribution is 6.26. The number of hydrogen-bond acceptors (Lipinski definition) is 2. The van der Waals surface area contributed by atoms with Gasteiger partial charge in [0.1, 0.15) is 0 Å². The van der Waals surface area contributed by atoms with Crippen molar-refractivity contribution < 1.29 is 4.43 Å². The summed E-state index contributed by atoms with van der Waals surface area (Å²) >= 11 is 0. The second-order valence-corrected chi connectivity index (χ2v) is 4.42. The molecule has 0 aromatic heterocycles. The predicted molar refractivity (Wildman–Crippen MR) is 52.8 cm³/mol. The molecule has 0 bridgehead atoms. The van der Waals surface area contributed by atoms with Gasteiger partial charge in [-0.05, 0) is 32.1 Å². The molecule has 0 aliphatic rings. The minimum Gasteiger partial charge on any atom is -0.427 e. The van der Waals surface area contributed by atoms with Gasteiger partial charge < -0.3 is 9.33 Å². The second-order valence-electron chi connectivity index (χ2n) is 2.73. The van der Waals surface area contributed by atoms with Crippen LogP contribution in [0.15, 0.2) is 0 Å². The highest BCUT2D eigenvalue weighted by atomic mass is 28.2. The normalized spacial score (nSPS) is 12.0. The Labute approximate surface area is 72.9 Å². The van der Waals surface area contributed by atoms with Crippen molar-refractivity contribution in [3.8, 4) is 0 Å². The third kappa shape index (κ3) is 6.53. The van der Waals surface area contributed by atoms with Gasteiger partial charge in [0.2, 0.25) is 0 Å². The molecule has 0 N–H and O–H groups in total. The first-order chi connectivity index (χ1) is 5.35. The summed E-state index contributed by atoms with van der Waals surface area (Å²) in [5, 5.41) is 0. The van der Waals surface area contributed by atoms with Crippen molar-refractivity contribution in [3.63, 3.8) is 0 Å². The van der Waals surface area contributed by atoms with Gasteiger partial charge in [-0.1, -0.05) is 13.8 Å². The highest BCUT2D eigenvalue weighted by Gasteiger charge is 1.97. The number of rotatable bonds is 7. The molecule has 3 heteroatoms. The van der Waals surface area contributed by atoms with E-state index in [0.717, 1.165) is 0 Å². The van der Waals surface area contributed by atoms with Crippen molar-refractivity contribution in [1.29, 1.82) is 0 Å². The average Bonchev–Trinajstić information content (AvgIpc) is 2.05. The fraction of sp³-hybridized carbons (Fsp3) is 1.00. The quantitative estimate of drug-likeness (QED) is 0.420. The lowest BCUT2D eigenvalue weighted by Crippen LogP contribution is -2.24. The highest BCUT2D eigenvalue weighted by Crippen LogP contribution is 1.94. The van der Waals surface area contributed by atoms with E-state index in [-0.39, 0.29) is 9.76 Å². The third-order valence-electron chi connectivity index (χ3n) is 1.97. The van der Waals surface area contributed by atoms with Crippen LogP contribution in [0.1, 0.15) is 20.3 Å². The zero-order valence-electron chi connectivity index (χ0n) is 8.10. The molecule has 0 radical (unpaired) electrons. The van der Waals surface area contributed by atoms with Gasteiger partial charge in [-0.3, -0.25) is 0 Å². The molecule has 0 saturated heterocycles. The van der Waals surface area contributed by atoms with Crippen molar-refractivity contribution in [1.82, 2.24) is 4.90 Å². The molecule has 0 rings (SSSR count). The van der Waals surface area contributed by atoms with E-state index in [1.54, 1.807) is 0 Å². The first kappa shape index (κ1) is 11.1.